The first-order chi connectivity index (χ1) is 27.0. The molecule has 1 atom stereocenters. The molecule has 0 fully saturated rings. The smallest absolute Gasteiger partial charge is 0.306 e. The molecule has 0 unspecified atom stereocenters. The van der Waals surface area contributed by atoms with Crippen molar-refractivity contribution in [2.24, 2.45) is 0 Å². The van der Waals surface area contributed by atoms with Crippen LogP contribution in [0.2, 0.25) is 0 Å². The molecule has 326 valence electrons. The Balaban J connectivity index is 4.21. The van der Waals surface area contributed by atoms with Gasteiger partial charge in [-0.05, 0) is 19.3 Å². The molecule has 0 aromatic heterocycles. The fourth-order valence-corrected chi connectivity index (χ4v) is 7.38. The van der Waals surface area contributed by atoms with Gasteiger partial charge in [0.25, 0.3) is 0 Å². The van der Waals surface area contributed by atoms with Crippen molar-refractivity contribution < 1.29 is 28.6 Å². The Morgan fingerprint density at radius 3 is 0.727 bits per heavy atom. The molecule has 0 heterocycles. The Hall–Kier alpha value is -1.59. The van der Waals surface area contributed by atoms with Gasteiger partial charge in [0.05, 0.1) is 0 Å². The van der Waals surface area contributed by atoms with Gasteiger partial charge in [0.15, 0.2) is 6.10 Å². The van der Waals surface area contributed by atoms with Gasteiger partial charge in [-0.15, -0.1) is 0 Å². The predicted octanol–water partition coefficient (Wildman–Crippen LogP) is 15.6. The fraction of sp³-hybridized carbons (Fsp3) is 0.939. The maximum Gasteiger partial charge on any atom is 0.306 e. The minimum atomic E-state index is -0.758. The normalized spacial score (nSPS) is 11.8. The Kier molecular flexibility index (Phi) is 43.8. The maximum absolute atomic E-state index is 12.7. The summed E-state index contributed by atoms with van der Waals surface area (Å²) in [5, 5.41) is 0. The highest BCUT2D eigenvalue weighted by atomic mass is 16.6. The van der Waals surface area contributed by atoms with Gasteiger partial charge in [0.1, 0.15) is 13.2 Å². The number of esters is 3. The van der Waals surface area contributed by atoms with Crippen LogP contribution in [0.5, 0.6) is 0 Å². The molecule has 0 aliphatic carbocycles. The summed E-state index contributed by atoms with van der Waals surface area (Å²) in [6.45, 7) is 6.63. The summed E-state index contributed by atoms with van der Waals surface area (Å²) in [6.07, 6.45) is 46.7. The van der Waals surface area contributed by atoms with E-state index in [1.165, 1.54) is 180 Å². The standard InChI is InChI=1S/C49H94O6/c1-4-7-10-13-16-18-20-22-24-25-27-28-30-33-36-39-42-48(51)54-45-46(44-53-47(50)41-38-35-32-15-12-9-6-3)55-49(52)43-40-37-34-31-29-26-23-21-19-17-14-11-8-5-2/h46H,4-45H2,1-3H3/t46-/m1/s1. The molecule has 0 aliphatic rings. The first-order valence-corrected chi connectivity index (χ1v) is 24.5. The molecule has 0 N–H and O–H groups in total. The highest BCUT2D eigenvalue weighted by molar-refractivity contribution is 5.71. The topological polar surface area (TPSA) is 78.9 Å². The molecule has 0 radical (unpaired) electrons. The van der Waals surface area contributed by atoms with Crippen LogP contribution < -0.4 is 0 Å². The van der Waals surface area contributed by atoms with E-state index in [0.717, 1.165) is 57.8 Å². The fourth-order valence-electron chi connectivity index (χ4n) is 7.38. The highest BCUT2D eigenvalue weighted by Gasteiger charge is 2.19. The van der Waals surface area contributed by atoms with Crippen LogP contribution in [0.1, 0.15) is 278 Å². The molecular formula is C49H94O6. The van der Waals surface area contributed by atoms with Crippen LogP contribution in [0.15, 0.2) is 0 Å². The van der Waals surface area contributed by atoms with Gasteiger partial charge in [0.2, 0.25) is 0 Å². The van der Waals surface area contributed by atoms with Crippen molar-refractivity contribution in [3.8, 4) is 0 Å². The van der Waals surface area contributed by atoms with E-state index in [0.29, 0.717) is 19.3 Å². The largest absolute Gasteiger partial charge is 0.462 e. The number of rotatable bonds is 45. The second-order valence-electron chi connectivity index (χ2n) is 16.7. The lowest BCUT2D eigenvalue weighted by molar-refractivity contribution is -0.167. The van der Waals surface area contributed by atoms with Crippen molar-refractivity contribution >= 4 is 17.9 Å². The van der Waals surface area contributed by atoms with E-state index >= 15 is 0 Å². The molecule has 0 aromatic rings. The molecule has 0 aliphatic heterocycles. The zero-order valence-corrected chi connectivity index (χ0v) is 37.2. The van der Waals surface area contributed by atoms with E-state index in [-0.39, 0.29) is 31.1 Å². The van der Waals surface area contributed by atoms with Crippen LogP contribution >= 0.6 is 0 Å². The van der Waals surface area contributed by atoms with Crippen LogP contribution in [0.25, 0.3) is 0 Å². The molecule has 6 heteroatoms. The molecule has 0 aromatic carbocycles. The summed E-state index contributed by atoms with van der Waals surface area (Å²) in [7, 11) is 0. The second kappa shape index (κ2) is 45.1. The lowest BCUT2D eigenvalue weighted by Gasteiger charge is -2.18. The summed E-state index contributed by atoms with van der Waals surface area (Å²) >= 11 is 0. The predicted molar refractivity (Wildman–Crippen MR) is 233 cm³/mol. The van der Waals surface area contributed by atoms with Crippen molar-refractivity contribution in [1.82, 2.24) is 0 Å². The van der Waals surface area contributed by atoms with Crippen molar-refractivity contribution in [3.05, 3.63) is 0 Å². The van der Waals surface area contributed by atoms with Crippen LogP contribution in [0, 0.1) is 0 Å². The Bertz CT molecular complexity index is 813. The van der Waals surface area contributed by atoms with E-state index < -0.39 is 6.10 Å². The van der Waals surface area contributed by atoms with Crippen molar-refractivity contribution in [1.29, 1.82) is 0 Å². The monoisotopic (exact) mass is 779 g/mol. The number of carbonyl (C=O) groups is 3. The van der Waals surface area contributed by atoms with Crippen LogP contribution in [-0.2, 0) is 28.6 Å². The van der Waals surface area contributed by atoms with E-state index in [4.69, 9.17) is 14.2 Å². The summed E-state index contributed by atoms with van der Waals surface area (Å²) in [4.78, 5) is 37.7. The third kappa shape index (κ3) is 43.4. The summed E-state index contributed by atoms with van der Waals surface area (Å²) in [5.74, 6) is -0.852. The van der Waals surface area contributed by atoms with E-state index in [2.05, 4.69) is 20.8 Å². The second-order valence-corrected chi connectivity index (χ2v) is 16.7. The quantitative estimate of drug-likeness (QED) is 0.0348. The minimum Gasteiger partial charge on any atom is -0.462 e. The van der Waals surface area contributed by atoms with Gasteiger partial charge in [-0.1, -0.05) is 239 Å². The Labute approximate surface area is 342 Å². The summed E-state index contributed by atoms with van der Waals surface area (Å²) in [5.41, 5.74) is 0. The molecule has 0 saturated heterocycles. The number of ether oxygens (including phenoxy) is 3. The number of hydrogen-bond acceptors (Lipinski definition) is 6. The molecule has 0 amide bonds. The van der Waals surface area contributed by atoms with E-state index in [9.17, 15) is 14.4 Å². The van der Waals surface area contributed by atoms with Gasteiger partial charge in [-0.3, -0.25) is 14.4 Å². The van der Waals surface area contributed by atoms with Gasteiger partial charge < -0.3 is 14.2 Å². The number of unbranched alkanes of at least 4 members (excludes halogenated alkanes) is 34. The zero-order chi connectivity index (χ0) is 40.1. The van der Waals surface area contributed by atoms with Gasteiger partial charge in [0, 0.05) is 19.3 Å². The van der Waals surface area contributed by atoms with Gasteiger partial charge in [-0.2, -0.15) is 0 Å². The van der Waals surface area contributed by atoms with Crippen molar-refractivity contribution in [3.63, 3.8) is 0 Å². The van der Waals surface area contributed by atoms with Crippen LogP contribution in [0.4, 0.5) is 0 Å². The summed E-state index contributed by atoms with van der Waals surface area (Å²) in [6, 6.07) is 0. The molecule has 0 spiro atoms. The maximum atomic E-state index is 12.7. The van der Waals surface area contributed by atoms with Crippen molar-refractivity contribution in [2.45, 2.75) is 284 Å². The number of carbonyl (C=O) groups excluding carboxylic acids is 3. The molecule has 0 rings (SSSR count). The lowest BCUT2D eigenvalue weighted by atomic mass is 10.0. The summed E-state index contributed by atoms with van der Waals surface area (Å²) < 4.78 is 16.7. The molecule has 55 heavy (non-hydrogen) atoms. The van der Waals surface area contributed by atoms with Crippen molar-refractivity contribution in [2.75, 3.05) is 13.2 Å². The molecule has 0 bridgehead atoms. The van der Waals surface area contributed by atoms with E-state index in [1.807, 2.05) is 0 Å². The average Bonchev–Trinajstić information content (AvgIpc) is 3.18. The lowest BCUT2D eigenvalue weighted by Crippen LogP contribution is -2.30. The number of hydrogen-bond donors (Lipinski definition) is 0. The van der Waals surface area contributed by atoms with E-state index in [1.54, 1.807) is 0 Å². The molecule has 6 nitrogen and oxygen atoms in total. The highest BCUT2D eigenvalue weighted by Crippen LogP contribution is 2.16. The van der Waals surface area contributed by atoms with Gasteiger partial charge >= 0.3 is 17.9 Å². The minimum absolute atomic E-state index is 0.0626. The Morgan fingerprint density at radius 2 is 0.491 bits per heavy atom. The third-order valence-electron chi connectivity index (χ3n) is 11.1. The Morgan fingerprint density at radius 1 is 0.291 bits per heavy atom. The zero-order valence-electron chi connectivity index (χ0n) is 37.2. The SMILES string of the molecule is CCCCCCCCCCCCCCCCCCC(=O)OC[C@@H](COC(=O)CCCCCCCCC)OC(=O)CCCCCCCCCCCCCCCC. The van der Waals surface area contributed by atoms with Gasteiger partial charge in [-0.25, -0.2) is 0 Å². The van der Waals surface area contributed by atoms with Crippen LogP contribution in [0.3, 0.4) is 0 Å². The first-order valence-electron chi connectivity index (χ1n) is 24.5. The molecular weight excluding hydrogens is 685 g/mol. The molecule has 0 saturated carbocycles. The van der Waals surface area contributed by atoms with Crippen LogP contribution in [-0.4, -0.2) is 37.2 Å². The third-order valence-corrected chi connectivity index (χ3v) is 11.1. The average molecular weight is 779 g/mol. The first kappa shape index (κ1) is 53.4.